The summed E-state index contributed by atoms with van der Waals surface area (Å²) in [6.07, 6.45) is 0. The molecule has 0 bridgehead atoms. The molecule has 3 aromatic rings. The molecule has 68 valence electrons. The quantitative estimate of drug-likeness (QED) is 0.650. The molecule has 0 aliphatic heterocycles. The topological polar surface area (TPSA) is 67.3 Å². The summed E-state index contributed by atoms with van der Waals surface area (Å²) in [6, 6.07) is 5.79. The van der Waals surface area contributed by atoms with Crippen molar-refractivity contribution < 1.29 is 0 Å². The van der Waals surface area contributed by atoms with Crippen molar-refractivity contribution in [3.63, 3.8) is 0 Å². The molecule has 0 amide bonds. The summed E-state index contributed by atoms with van der Waals surface area (Å²) in [5.41, 5.74) is 3.48. The van der Waals surface area contributed by atoms with Crippen molar-refractivity contribution in [1.82, 2.24) is 25.0 Å². The van der Waals surface area contributed by atoms with Gasteiger partial charge in [-0.15, -0.1) is 5.10 Å². The standard InChI is InChI=1S/C8H5N5S/c1-2-5(7-4-14-13-10-7)8-6(3-1)9-12-11-8/h1-4H,(H,9,11,12). The summed E-state index contributed by atoms with van der Waals surface area (Å²) in [6.45, 7) is 0. The Morgan fingerprint density at radius 1 is 1.21 bits per heavy atom. The molecule has 0 fully saturated rings. The second-order valence-electron chi connectivity index (χ2n) is 2.79. The van der Waals surface area contributed by atoms with Crippen molar-refractivity contribution >= 4 is 22.6 Å². The van der Waals surface area contributed by atoms with Crippen LogP contribution >= 0.6 is 11.5 Å². The molecule has 2 heterocycles. The van der Waals surface area contributed by atoms with Gasteiger partial charge in [0.15, 0.2) is 0 Å². The van der Waals surface area contributed by atoms with Gasteiger partial charge in [0.05, 0.1) is 0 Å². The van der Waals surface area contributed by atoms with E-state index in [4.69, 9.17) is 0 Å². The SMILES string of the molecule is c1cc(-c2csnn2)c2n[nH]nc2c1. The Morgan fingerprint density at radius 2 is 2.21 bits per heavy atom. The van der Waals surface area contributed by atoms with Crippen LogP contribution < -0.4 is 0 Å². The third kappa shape index (κ3) is 1.01. The molecule has 3 rings (SSSR count). The van der Waals surface area contributed by atoms with E-state index in [2.05, 4.69) is 25.0 Å². The van der Waals surface area contributed by atoms with Gasteiger partial charge in [-0.25, -0.2) is 0 Å². The average Bonchev–Trinajstić information content (AvgIpc) is 2.88. The number of para-hydroxylation sites is 1. The van der Waals surface area contributed by atoms with E-state index in [9.17, 15) is 0 Å². The van der Waals surface area contributed by atoms with Crippen LogP contribution in [0.3, 0.4) is 0 Å². The number of fused-ring (bicyclic) bond motifs is 1. The highest BCUT2D eigenvalue weighted by molar-refractivity contribution is 7.03. The van der Waals surface area contributed by atoms with Crippen molar-refractivity contribution in [2.75, 3.05) is 0 Å². The Labute approximate surface area is 82.9 Å². The minimum atomic E-state index is 0.834. The smallest absolute Gasteiger partial charge is 0.122 e. The number of nitrogens with one attached hydrogen (secondary N) is 1. The lowest BCUT2D eigenvalue weighted by molar-refractivity contribution is 0.959. The van der Waals surface area contributed by atoms with Gasteiger partial charge in [0.25, 0.3) is 0 Å². The first kappa shape index (κ1) is 7.57. The van der Waals surface area contributed by atoms with E-state index in [1.165, 1.54) is 11.5 Å². The predicted octanol–water partition coefficient (Wildman–Crippen LogP) is 1.48. The molecule has 0 saturated carbocycles. The van der Waals surface area contributed by atoms with E-state index >= 15 is 0 Å². The maximum absolute atomic E-state index is 4.08. The van der Waals surface area contributed by atoms with E-state index in [1.807, 2.05) is 23.6 Å². The molecule has 1 aromatic carbocycles. The number of hydrogen-bond acceptors (Lipinski definition) is 5. The van der Waals surface area contributed by atoms with Crippen LogP contribution in [0.4, 0.5) is 0 Å². The van der Waals surface area contributed by atoms with E-state index in [0.717, 1.165) is 22.3 Å². The maximum Gasteiger partial charge on any atom is 0.122 e. The number of aromatic nitrogens is 5. The van der Waals surface area contributed by atoms with Gasteiger partial charge in [0, 0.05) is 10.9 Å². The first-order chi connectivity index (χ1) is 6.95. The highest BCUT2D eigenvalue weighted by Gasteiger charge is 2.08. The lowest BCUT2D eigenvalue weighted by Crippen LogP contribution is -1.80. The summed E-state index contributed by atoms with van der Waals surface area (Å²) in [4.78, 5) is 0. The number of rotatable bonds is 1. The Morgan fingerprint density at radius 3 is 3.07 bits per heavy atom. The Bertz CT molecular complexity index is 556. The second-order valence-corrected chi connectivity index (χ2v) is 3.40. The van der Waals surface area contributed by atoms with Crippen molar-refractivity contribution in [2.45, 2.75) is 0 Å². The van der Waals surface area contributed by atoms with E-state index in [1.54, 1.807) is 0 Å². The Hall–Kier alpha value is -1.82. The molecule has 1 N–H and O–H groups in total. The molecular formula is C8H5N5S. The number of H-pyrrole nitrogens is 1. The molecule has 0 unspecified atom stereocenters. The summed E-state index contributed by atoms with van der Waals surface area (Å²) >= 11 is 1.33. The molecule has 0 saturated heterocycles. The normalized spacial score (nSPS) is 10.9. The summed E-state index contributed by atoms with van der Waals surface area (Å²) in [5.74, 6) is 0. The molecule has 0 atom stereocenters. The Balaban J connectivity index is 2.36. The average molecular weight is 203 g/mol. The van der Waals surface area contributed by atoms with Crippen LogP contribution in [0.15, 0.2) is 23.6 Å². The zero-order valence-electron chi connectivity index (χ0n) is 7.01. The zero-order chi connectivity index (χ0) is 9.38. The highest BCUT2D eigenvalue weighted by atomic mass is 32.1. The fourth-order valence-electron chi connectivity index (χ4n) is 1.36. The molecule has 0 radical (unpaired) electrons. The van der Waals surface area contributed by atoms with E-state index < -0.39 is 0 Å². The van der Waals surface area contributed by atoms with Crippen LogP contribution in [0.2, 0.25) is 0 Å². The Kier molecular flexibility index (Phi) is 1.54. The van der Waals surface area contributed by atoms with Crippen LogP contribution in [-0.4, -0.2) is 25.0 Å². The molecular weight excluding hydrogens is 198 g/mol. The third-order valence-electron chi connectivity index (χ3n) is 1.98. The van der Waals surface area contributed by atoms with Gasteiger partial charge in [-0.3, -0.25) is 0 Å². The van der Waals surface area contributed by atoms with Crippen molar-refractivity contribution in [1.29, 1.82) is 0 Å². The lowest BCUT2D eigenvalue weighted by Gasteiger charge is -1.94. The number of aromatic amines is 1. The maximum atomic E-state index is 4.08. The first-order valence-corrected chi connectivity index (χ1v) is 4.86. The van der Waals surface area contributed by atoms with E-state index in [-0.39, 0.29) is 0 Å². The van der Waals surface area contributed by atoms with Gasteiger partial charge >= 0.3 is 0 Å². The third-order valence-corrected chi connectivity index (χ3v) is 2.49. The molecule has 6 heteroatoms. The number of nitrogens with zero attached hydrogens (tertiary/aromatic N) is 4. The van der Waals surface area contributed by atoms with Crippen LogP contribution in [0.1, 0.15) is 0 Å². The largest absolute Gasteiger partial charge is 0.197 e. The lowest BCUT2D eigenvalue weighted by atomic mass is 10.1. The summed E-state index contributed by atoms with van der Waals surface area (Å²) in [7, 11) is 0. The minimum absolute atomic E-state index is 0.834. The molecule has 14 heavy (non-hydrogen) atoms. The monoisotopic (exact) mass is 203 g/mol. The van der Waals surface area contributed by atoms with Crippen LogP contribution in [0.25, 0.3) is 22.3 Å². The fraction of sp³-hybridized carbons (Fsp3) is 0. The summed E-state index contributed by atoms with van der Waals surface area (Å²) < 4.78 is 3.82. The van der Waals surface area contributed by atoms with Gasteiger partial charge in [-0.05, 0) is 17.6 Å². The number of hydrogen-bond donors (Lipinski definition) is 1. The van der Waals surface area contributed by atoms with Gasteiger partial charge in [-0.1, -0.05) is 16.6 Å². The zero-order valence-corrected chi connectivity index (χ0v) is 7.82. The van der Waals surface area contributed by atoms with Crippen LogP contribution in [0, 0.1) is 0 Å². The molecule has 2 aromatic heterocycles. The van der Waals surface area contributed by atoms with Crippen molar-refractivity contribution in [2.24, 2.45) is 0 Å². The molecule has 5 nitrogen and oxygen atoms in total. The van der Waals surface area contributed by atoms with Crippen molar-refractivity contribution in [3.8, 4) is 11.3 Å². The number of benzene rings is 1. The highest BCUT2D eigenvalue weighted by Crippen LogP contribution is 2.24. The van der Waals surface area contributed by atoms with E-state index in [0.29, 0.717) is 0 Å². The molecule has 0 spiro atoms. The fourth-order valence-corrected chi connectivity index (χ4v) is 1.81. The van der Waals surface area contributed by atoms with Crippen LogP contribution in [-0.2, 0) is 0 Å². The van der Waals surface area contributed by atoms with Gasteiger partial charge < -0.3 is 0 Å². The van der Waals surface area contributed by atoms with Gasteiger partial charge in [0.1, 0.15) is 16.7 Å². The van der Waals surface area contributed by atoms with Crippen molar-refractivity contribution in [3.05, 3.63) is 23.6 Å². The summed E-state index contributed by atoms with van der Waals surface area (Å²) in [5, 5.41) is 16.6. The minimum Gasteiger partial charge on any atom is -0.197 e. The van der Waals surface area contributed by atoms with Gasteiger partial charge in [0.2, 0.25) is 0 Å². The first-order valence-electron chi connectivity index (χ1n) is 4.02. The van der Waals surface area contributed by atoms with Gasteiger partial charge in [-0.2, -0.15) is 15.4 Å². The second kappa shape index (κ2) is 2.85. The molecule has 0 aliphatic rings. The van der Waals surface area contributed by atoms with Crippen LogP contribution in [0.5, 0.6) is 0 Å². The molecule has 0 aliphatic carbocycles. The predicted molar refractivity (Wildman–Crippen MR) is 52.8 cm³/mol.